The number of amides is 1. The molecule has 1 unspecified atom stereocenters. The normalized spacial score (nSPS) is 12.1. The Morgan fingerprint density at radius 1 is 1.50 bits per heavy atom. The van der Waals surface area contributed by atoms with E-state index in [1.807, 2.05) is 0 Å². The zero-order chi connectivity index (χ0) is 14.7. The number of hydrogen-bond donors (Lipinski definition) is 2. The molecule has 0 aliphatic carbocycles. The lowest BCUT2D eigenvalue weighted by atomic mass is 10.1. The van der Waals surface area contributed by atoms with Crippen molar-refractivity contribution in [2.24, 2.45) is 11.7 Å². The predicted molar refractivity (Wildman–Crippen MR) is 68.6 cm³/mol. The Kier molecular flexibility index (Phi) is 3.74. The van der Waals surface area contributed by atoms with Crippen molar-refractivity contribution in [2.75, 3.05) is 0 Å². The Labute approximate surface area is 114 Å². The highest BCUT2D eigenvalue weighted by Crippen LogP contribution is 2.22. The van der Waals surface area contributed by atoms with E-state index in [1.165, 1.54) is 10.9 Å². The summed E-state index contributed by atoms with van der Waals surface area (Å²) in [5.41, 5.74) is 5.89. The molecule has 1 atom stereocenters. The molecule has 0 bridgehead atoms. The molecule has 3 N–H and O–H groups in total. The number of nitrogens with two attached hydrogens (primary N) is 1. The average molecular weight is 275 g/mol. The van der Waals surface area contributed by atoms with Gasteiger partial charge < -0.3 is 10.8 Å². The molecule has 8 heteroatoms. The molecule has 0 spiro atoms. The summed E-state index contributed by atoms with van der Waals surface area (Å²) in [5, 5.41) is 16.6. The molecule has 8 nitrogen and oxygen atoms in total. The second-order valence-electron chi connectivity index (χ2n) is 4.32. The average Bonchev–Trinajstić information content (AvgIpc) is 2.83. The van der Waals surface area contributed by atoms with E-state index < -0.39 is 17.8 Å². The van der Waals surface area contributed by atoms with Crippen molar-refractivity contribution in [3.05, 3.63) is 30.2 Å². The Morgan fingerprint density at radius 2 is 2.25 bits per heavy atom. The van der Waals surface area contributed by atoms with Crippen LogP contribution in [0.4, 0.5) is 0 Å². The van der Waals surface area contributed by atoms with Crippen LogP contribution in [0.3, 0.4) is 0 Å². The first-order valence-corrected chi connectivity index (χ1v) is 5.87. The number of carbonyl (C=O) groups excluding carboxylic acids is 1. The van der Waals surface area contributed by atoms with E-state index >= 15 is 0 Å². The van der Waals surface area contributed by atoms with E-state index in [1.54, 1.807) is 25.3 Å². The number of carboxylic acids is 1. The monoisotopic (exact) mass is 275 g/mol. The van der Waals surface area contributed by atoms with Crippen LogP contribution >= 0.6 is 0 Å². The molecular formula is C12H13N5O3. The molecule has 0 saturated heterocycles. The molecule has 0 saturated carbocycles. The van der Waals surface area contributed by atoms with Crippen molar-refractivity contribution in [1.82, 2.24) is 20.0 Å². The molecule has 20 heavy (non-hydrogen) atoms. The zero-order valence-electron chi connectivity index (χ0n) is 10.7. The van der Waals surface area contributed by atoms with Crippen molar-refractivity contribution < 1.29 is 14.7 Å². The van der Waals surface area contributed by atoms with Crippen LogP contribution in [-0.2, 0) is 11.3 Å². The summed E-state index contributed by atoms with van der Waals surface area (Å²) in [6.45, 7) is 1.79. The summed E-state index contributed by atoms with van der Waals surface area (Å²) < 4.78 is 1.36. The molecular weight excluding hydrogens is 262 g/mol. The van der Waals surface area contributed by atoms with Gasteiger partial charge in [-0.1, -0.05) is 12.1 Å². The summed E-state index contributed by atoms with van der Waals surface area (Å²) in [5.74, 6) is -2.18. The molecule has 104 valence electrons. The maximum Gasteiger partial charge on any atom is 0.358 e. The summed E-state index contributed by atoms with van der Waals surface area (Å²) >= 11 is 0. The van der Waals surface area contributed by atoms with Gasteiger partial charge in [-0.2, -0.15) is 0 Å². The number of nitrogens with zero attached hydrogens (tertiary/aromatic N) is 4. The van der Waals surface area contributed by atoms with E-state index in [2.05, 4.69) is 15.3 Å². The number of aromatic nitrogens is 4. The number of carbonyl (C=O) groups is 2. The lowest BCUT2D eigenvalue weighted by Gasteiger charge is -2.10. The van der Waals surface area contributed by atoms with Gasteiger partial charge in [0.05, 0.1) is 12.5 Å². The maximum atomic E-state index is 11.2. The number of hydrogen-bond acceptors (Lipinski definition) is 5. The van der Waals surface area contributed by atoms with E-state index in [9.17, 15) is 9.59 Å². The molecule has 2 aromatic heterocycles. The SMILES string of the molecule is CC(Cn1nnc(C(=O)O)c1-c1cccnc1)C(N)=O. The quantitative estimate of drug-likeness (QED) is 0.800. The summed E-state index contributed by atoms with van der Waals surface area (Å²) in [6, 6.07) is 3.37. The Bertz CT molecular complexity index is 638. The third kappa shape index (κ3) is 2.63. The smallest absolute Gasteiger partial charge is 0.358 e. The van der Waals surface area contributed by atoms with Gasteiger partial charge in [0.15, 0.2) is 5.69 Å². The first-order chi connectivity index (χ1) is 9.50. The Morgan fingerprint density at radius 3 is 2.80 bits per heavy atom. The minimum absolute atomic E-state index is 0.153. The van der Waals surface area contributed by atoms with Gasteiger partial charge in [0.1, 0.15) is 5.69 Å². The van der Waals surface area contributed by atoms with E-state index in [0.717, 1.165) is 0 Å². The lowest BCUT2D eigenvalue weighted by Crippen LogP contribution is -2.25. The third-order valence-electron chi connectivity index (χ3n) is 2.81. The van der Waals surface area contributed by atoms with Crippen LogP contribution in [0.1, 0.15) is 17.4 Å². The lowest BCUT2D eigenvalue weighted by molar-refractivity contribution is -0.121. The van der Waals surface area contributed by atoms with Crippen LogP contribution in [0, 0.1) is 5.92 Å². The molecule has 0 aliphatic heterocycles. The largest absolute Gasteiger partial charge is 0.476 e. The fourth-order valence-electron chi connectivity index (χ4n) is 1.72. The van der Waals surface area contributed by atoms with Crippen LogP contribution in [0.25, 0.3) is 11.3 Å². The van der Waals surface area contributed by atoms with Gasteiger partial charge in [0, 0.05) is 18.0 Å². The molecule has 0 aromatic carbocycles. The number of rotatable bonds is 5. The summed E-state index contributed by atoms with van der Waals surface area (Å²) in [4.78, 5) is 26.3. The summed E-state index contributed by atoms with van der Waals surface area (Å²) in [7, 11) is 0. The predicted octanol–water partition coefficient (Wildman–Crippen LogP) is 0.160. The van der Waals surface area contributed by atoms with Crippen LogP contribution < -0.4 is 5.73 Å². The standard InChI is InChI=1S/C12H13N5O3/c1-7(11(13)18)6-17-10(8-3-2-4-14-5-8)9(12(19)20)15-16-17/h2-5,7H,6H2,1H3,(H2,13,18)(H,19,20). The van der Waals surface area contributed by atoms with Gasteiger partial charge in [-0.15, -0.1) is 5.10 Å². The highest BCUT2D eigenvalue weighted by molar-refractivity contribution is 5.92. The number of primary amides is 1. The first kappa shape index (κ1) is 13.7. The topological polar surface area (TPSA) is 124 Å². The van der Waals surface area contributed by atoms with Gasteiger partial charge in [-0.3, -0.25) is 9.78 Å². The second-order valence-corrected chi connectivity index (χ2v) is 4.32. The van der Waals surface area contributed by atoms with Crippen molar-refractivity contribution >= 4 is 11.9 Å². The molecule has 2 rings (SSSR count). The van der Waals surface area contributed by atoms with Crippen molar-refractivity contribution in [3.63, 3.8) is 0 Å². The van der Waals surface area contributed by atoms with Gasteiger partial charge in [-0.25, -0.2) is 9.48 Å². The number of carboxylic acid groups (broad SMARTS) is 1. The summed E-state index contributed by atoms with van der Waals surface area (Å²) in [6.07, 6.45) is 3.08. The van der Waals surface area contributed by atoms with Crippen LogP contribution in [0.15, 0.2) is 24.5 Å². The Hall–Kier alpha value is -2.77. The third-order valence-corrected chi connectivity index (χ3v) is 2.81. The highest BCUT2D eigenvalue weighted by Gasteiger charge is 2.22. The van der Waals surface area contributed by atoms with Gasteiger partial charge in [-0.05, 0) is 12.1 Å². The molecule has 0 radical (unpaired) electrons. The number of aromatic carboxylic acids is 1. The van der Waals surface area contributed by atoms with Crippen LogP contribution in [-0.4, -0.2) is 37.0 Å². The fourth-order valence-corrected chi connectivity index (χ4v) is 1.72. The fraction of sp³-hybridized carbons (Fsp3) is 0.250. The molecule has 0 fully saturated rings. The Balaban J connectivity index is 2.48. The highest BCUT2D eigenvalue weighted by atomic mass is 16.4. The molecule has 2 aromatic rings. The van der Waals surface area contributed by atoms with E-state index in [4.69, 9.17) is 10.8 Å². The minimum atomic E-state index is -1.19. The maximum absolute atomic E-state index is 11.2. The zero-order valence-corrected chi connectivity index (χ0v) is 10.7. The van der Waals surface area contributed by atoms with Crippen molar-refractivity contribution in [2.45, 2.75) is 13.5 Å². The number of pyridine rings is 1. The van der Waals surface area contributed by atoms with Crippen molar-refractivity contribution in [1.29, 1.82) is 0 Å². The van der Waals surface area contributed by atoms with Crippen LogP contribution in [0.5, 0.6) is 0 Å². The van der Waals surface area contributed by atoms with E-state index in [0.29, 0.717) is 11.3 Å². The second kappa shape index (κ2) is 5.47. The van der Waals surface area contributed by atoms with Crippen molar-refractivity contribution in [3.8, 4) is 11.3 Å². The van der Waals surface area contributed by atoms with Gasteiger partial charge >= 0.3 is 5.97 Å². The van der Waals surface area contributed by atoms with Gasteiger partial charge in [0.2, 0.25) is 5.91 Å². The minimum Gasteiger partial charge on any atom is -0.476 e. The molecule has 2 heterocycles. The first-order valence-electron chi connectivity index (χ1n) is 5.87. The molecule has 0 aliphatic rings. The molecule has 1 amide bonds. The van der Waals surface area contributed by atoms with E-state index in [-0.39, 0.29) is 12.2 Å². The van der Waals surface area contributed by atoms with Crippen LogP contribution in [0.2, 0.25) is 0 Å². The van der Waals surface area contributed by atoms with Gasteiger partial charge in [0.25, 0.3) is 0 Å².